The van der Waals surface area contributed by atoms with E-state index >= 15 is 0 Å². The first-order chi connectivity index (χ1) is 24.0. The minimum atomic E-state index is -1.80. The Hall–Kier alpha value is -4.86. The second kappa shape index (κ2) is 13.4. The molecule has 0 aliphatic carbocycles. The fraction of sp³-hybridized carbons (Fsp3) is 0.500. The third-order valence-corrected chi connectivity index (χ3v) is 11.7. The van der Waals surface area contributed by atoms with E-state index in [4.69, 9.17) is 10.6 Å². The first-order valence-electron chi connectivity index (χ1n) is 15.8. The molecular formula is C30H35N8O11S2+. The van der Waals surface area contributed by atoms with Gasteiger partial charge >= 0.3 is 11.9 Å². The van der Waals surface area contributed by atoms with Crippen LogP contribution < -0.4 is 11.1 Å². The van der Waals surface area contributed by atoms with E-state index in [1.165, 1.54) is 35.9 Å². The number of rotatable bonds is 10. The normalized spacial score (nSPS) is 26.7. The molecule has 6 N–H and O–H groups in total. The lowest BCUT2D eigenvalue weighted by molar-refractivity contribution is -0.938. The number of allylic oxidation sites excluding steroid dienone is 1. The van der Waals surface area contributed by atoms with Crippen molar-refractivity contribution in [3.63, 3.8) is 0 Å². The summed E-state index contributed by atoms with van der Waals surface area (Å²) in [7, 11) is 0. The molecule has 0 bridgehead atoms. The van der Waals surface area contributed by atoms with Crippen LogP contribution in [-0.2, 0) is 38.4 Å². The fourth-order valence-electron chi connectivity index (χ4n) is 6.90. The molecule has 6 heterocycles. The molecule has 1 aromatic rings. The van der Waals surface area contributed by atoms with Crippen LogP contribution in [0.15, 0.2) is 33.6 Å². The standard InChI is InChI=1S/C30H34N8O11S2/c1-30(2,28(46)47)49-34-20(16-13-51-29(31)32-16)23(41)33-21-25(43)37-22(27(44)45)14(12-50-26(21)37)11-38-6-3-4-15(38)9-35(5-7-38)24(42)17-8-18(39)19(40)10-36(17)48/h8,13,15,21,26,48H,3-7,9-12H2,1-2H3,(H4-,31,32,33,41,44,45,46,47)/p+1/b34-20-/t15-,21+,26+,38?/m0/s1. The van der Waals surface area contributed by atoms with E-state index in [0.717, 1.165) is 41.7 Å². The van der Waals surface area contributed by atoms with Crippen LogP contribution in [-0.4, -0.2) is 155 Å². The molecule has 0 spiro atoms. The molecule has 272 valence electrons. The molecule has 3 fully saturated rings. The molecule has 5 aliphatic heterocycles. The van der Waals surface area contributed by atoms with Crippen LogP contribution in [0.25, 0.3) is 0 Å². The van der Waals surface area contributed by atoms with E-state index in [2.05, 4.69) is 15.5 Å². The summed E-state index contributed by atoms with van der Waals surface area (Å²) in [6, 6.07) is -1.21. The number of aromatic nitrogens is 1. The fourth-order valence-corrected chi connectivity index (χ4v) is 8.78. The third-order valence-electron chi connectivity index (χ3n) is 9.68. The van der Waals surface area contributed by atoms with Crippen molar-refractivity contribution < 1.29 is 58.3 Å². The Kier molecular flexibility index (Phi) is 9.42. The maximum Gasteiger partial charge on any atom is 0.352 e. The number of aliphatic carboxylic acids is 2. The maximum atomic E-state index is 13.5. The number of amides is 3. The second-order valence-corrected chi connectivity index (χ2v) is 15.3. The molecular weight excluding hydrogens is 713 g/mol. The number of thiazole rings is 1. The highest BCUT2D eigenvalue weighted by Gasteiger charge is 2.56. The first-order valence-corrected chi connectivity index (χ1v) is 17.8. The molecule has 51 heavy (non-hydrogen) atoms. The quantitative estimate of drug-likeness (QED) is 0.0606. The second-order valence-electron chi connectivity index (χ2n) is 13.3. The number of carbonyl (C=O) groups is 7. The number of nitrogen functional groups attached to an aromatic ring is 1. The van der Waals surface area contributed by atoms with E-state index in [9.17, 15) is 49.0 Å². The van der Waals surface area contributed by atoms with Crippen molar-refractivity contribution in [2.24, 2.45) is 5.16 Å². The van der Waals surface area contributed by atoms with Gasteiger partial charge in [-0.25, -0.2) is 19.6 Å². The lowest BCUT2D eigenvalue weighted by Gasteiger charge is -2.51. The summed E-state index contributed by atoms with van der Waals surface area (Å²) < 4.78 is 0.492. The van der Waals surface area contributed by atoms with Crippen LogP contribution in [0.1, 0.15) is 32.4 Å². The van der Waals surface area contributed by atoms with Crippen molar-refractivity contribution in [1.82, 2.24) is 25.2 Å². The third kappa shape index (κ3) is 6.56. The molecule has 0 radical (unpaired) electrons. The number of hydrogen-bond acceptors (Lipinski definition) is 15. The largest absolute Gasteiger partial charge is 0.478 e. The lowest BCUT2D eigenvalue weighted by Crippen LogP contribution is -2.71. The number of hydrogen-bond donors (Lipinski definition) is 5. The number of carbonyl (C=O) groups excluding carboxylic acids is 5. The highest BCUT2D eigenvalue weighted by atomic mass is 32.2. The van der Waals surface area contributed by atoms with Crippen LogP contribution in [0.5, 0.6) is 0 Å². The number of Topliss-reactive ketones (excluding diaryl/α,β-unsaturated/α-hetero) is 1. The van der Waals surface area contributed by atoms with Gasteiger partial charge in [0.15, 0.2) is 10.8 Å². The number of ketones is 2. The smallest absolute Gasteiger partial charge is 0.352 e. The van der Waals surface area contributed by atoms with Gasteiger partial charge in [0.2, 0.25) is 17.2 Å². The number of anilines is 1. The maximum absolute atomic E-state index is 13.5. The number of hydroxylamine groups is 2. The molecule has 4 atom stereocenters. The minimum absolute atomic E-state index is 0.00634. The summed E-state index contributed by atoms with van der Waals surface area (Å²) in [5.41, 5.74) is 3.61. The molecule has 5 aliphatic rings. The number of quaternary nitrogens is 1. The van der Waals surface area contributed by atoms with Crippen molar-refractivity contribution in [3.05, 3.63) is 34.1 Å². The van der Waals surface area contributed by atoms with Crippen LogP contribution in [0.3, 0.4) is 0 Å². The lowest BCUT2D eigenvalue weighted by atomic mass is 10.0. The zero-order valence-electron chi connectivity index (χ0n) is 27.4. The van der Waals surface area contributed by atoms with Gasteiger partial charge in [-0.2, -0.15) is 0 Å². The van der Waals surface area contributed by atoms with Crippen molar-refractivity contribution in [3.8, 4) is 0 Å². The molecule has 19 nitrogen and oxygen atoms in total. The number of nitrogens with zero attached hydrogens (tertiary/aromatic N) is 6. The number of nitrogens with two attached hydrogens (primary N) is 1. The van der Waals surface area contributed by atoms with E-state index in [-0.39, 0.29) is 47.1 Å². The average Bonchev–Trinajstić information content (AvgIpc) is 3.70. The summed E-state index contributed by atoms with van der Waals surface area (Å²) in [5, 5.41) is 37.5. The molecule has 1 unspecified atom stereocenters. The number of oxime groups is 1. The number of carboxylic acid groups (broad SMARTS) is 2. The van der Waals surface area contributed by atoms with Gasteiger partial charge in [-0.3, -0.25) is 34.1 Å². The average molecular weight is 748 g/mol. The van der Waals surface area contributed by atoms with Gasteiger partial charge in [-0.05, 0) is 13.8 Å². The van der Waals surface area contributed by atoms with Gasteiger partial charge in [-0.1, -0.05) is 5.16 Å². The Morgan fingerprint density at radius 1 is 1.20 bits per heavy atom. The number of piperazine rings is 1. The minimum Gasteiger partial charge on any atom is -0.478 e. The van der Waals surface area contributed by atoms with Crippen molar-refractivity contribution in [2.45, 2.75) is 49.7 Å². The molecule has 21 heteroatoms. The van der Waals surface area contributed by atoms with E-state index < -0.39 is 70.5 Å². The Bertz CT molecular complexity index is 1840. The zero-order chi connectivity index (χ0) is 37.0. The monoisotopic (exact) mass is 747 g/mol. The van der Waals surface area contributed by atoms with Crippen molar-refractivity contribution in [2.75, 3.05) is 50.8 Å². The van der Waals surface area contributed by atoms with Gasteiger partial charge < -0.3 is 35.5 Å². The predicted molar refractivity (Wildman–Crippen MR) is 177 cm³/mol. The van der Waals surface area contributed by atoms with E-state index in [1.807, 2.05) is 0 Å². The van der Waals surface area contributed by atoms with E-state index in [1.54, 1.807) is 0 Å². The first kappa shape index (κ1) is 35.9. The van der Waals surface area contributed by atoms with Gasteiger partial charge in [-0.15, -0.1) is 23.1 Å². The topological polar surface area (TPSA) is 262 Å². The highest BCUT2D eigenvalue weighted by molar-refractivity contribution is 8.00. The van der Waals surface area contributed by atoms with Gasteiger partial charge in [0.05, 0.1) is 26.2 Å². The summed E-state index contributed by atoms with van der Waals surface area (Å²) in [6.45, 7) is 3.90. The Labute approximate surface area is 297 Å². The summed E-state index contributed by atoms with van der Waals surface area (Å²) >= 11 is 2.29. The molecule has 6 rings (SSSR count). The van der Waals surface area contributed by atoms with Crippen LogP contribution in [0.4, 0.5) is 5.13 Å². The number of thioether (sulfide) groups is 1. The molecule has 0 aromatic carbocycles. The highest BCUT2D eigenvalue weighted by Crippen LogP contribution is 2.43. The SMILES string of the molecule is CC(C)(O/N=C(\C(=O)N[C@@H]1C(=O)N2C(C(=O)O)=C(C[N+]34CCC[C@H]3CN(C(=O)C3=CC(=O)C(=O)CN3O)CC4)CS[C@H]12)c1csc(N)n1)C(=O)O. The molecule has 1 aromatic heterocycles. The number of fused-ring (bicyclic) bond motifs is 2. The van der Waals surface area contributed by atoms with Crippen LogP contribution in [0.2, 0.25) is 0 Å². The van der Waals surface area contributed by atoms with Crippen LogP contribution in [0, 0.1) is 0 Å². The molecule has 0 saturated carbocycles. The van der Waals surface area contributed by atoms with Crippen molar-refractivity contribution >= 4 is 75.2 Å². The number of nitrogens with one attached hydrogen (secondary N) is 1. The summed E-state index contributed by atoms with van der Waals surface area (Å²) in [5.74, 6) is -6.21. The molecule has 3 saturated heterocycles. The van der Waals surface area contributed by atoms with Gasteiger partial charge in [0.1, 0.15) is 47.6 Å². The van der Waals surface area contributed by atoms with Crippen molar-refractivity contribution in [1.29, 1.82) is 0 Å². The van der Waals surface area contributed by atoms with E-state index in [0.29, 0.717) is 28.2 Å². The Morgan fingerprint density at radius 2 is 1.94 bits per heavy atom. The number of carboxylic acids is 2. The summed E-state index contributed by atoms with van der Waals surface area (Å²) in [4.78, 5) is 99.8. The van der Waals surface area contributed by atoms with Crippen LogP contribution >= 0.6 is 23.1 Å². The molecule has 3 amide bonds. The van der Waals surface area contributed by atoms with Gasteiger partial charge in [0, 0.05) is 35.6 Å². The predicted octanol–water partition coefficient (Wildman–Crippen LogP) is -1.40. The number of β-lactam (4-membered cyclic amide) rings is 1. The van der Waals surface area contributed by atoms with Gasteiger partial charge in [0.25, 0.3) is 17.7 Å². The summed E-state index contributed by atoms with van der Waals surface area (Å²) in [6.07, 6.45) is 2.40. The Morgan fingerprint density at radius 3 is 2.61 bits per heavy atom. The Balaban J connectivity index is 1.17. The zero-order valence-corrected chi connectivity index (χ0v) is 29.1.